The van der Waals surface area contributed by atoms with Crippen LogP contribution >= 0.6 is 0 Å². The highest BCUT2D eigenvalue weighted by Gasteiger charge is 2.40. The van der Waals surface area contributed by atoms with Crippen LogP contribution in [0.2, 0.25) is 0 Å². The maximum atomic E-state index is 14.2. The highest BCUT2D eigenvalue weighted by atomic mass is 19.1. The van der Waals surface area contributed by atoms with E-state index in [1.165, 1.54) is 30.6 Å². The van der Waals surface area contributed by atoms with Crippen LogP contribution in [0.3, 0.4) is 0 Å². The Bertz CT molecular complexity index is 801. The monoisotopic (exact) mass is 372 g/mol. The molecule has 2 heterocycles. The van der Waals surface area contributed by atoms with Crippen molar-refractivity contribution in [2.45, 2.75) is 69.6 Å². The minimum Gasteiger partial charge on any atom is -0.327 e. The van der Waals surface area contributed by atoms with E-state index in [2.05, 4.69) is 9.88 Å². The van der Waals surface area contributed by atoms with E-state index in [0.29, 0.717) is 12.0 Å². The van der Waals surface area contributed by atoms with Gasteiger partial charge in [-0.05, 0) is 50.2 Å². The van der Waals surface area contributed by atoms with Gasteiger partial charge in [-0.25, -0.2) is 18.7 Å². The summed E-state index contributed by atoms with van der Waals surface area (Å²) in [5, 5.41) is 0. The topological polar surface area (TPSA) is 55.0 Å². The summed E-state index contributed by atoms with van der Waals surface area (Å²) in [6, 6.07) is 0.279. The molecular formula is C21H26F2N4. The predicted octanol–water partition coefficient (Wildman–Crippen LogP) is 3.89. The maximum Gasteiger partial charge on any atom is 0.131 e. The summed E-state index contributed by atoms with van der Waals surface area (Å²) in [5.74, 6) is 0.742. The lowest BCUT2D eigenvalue weighted by Crippen LogP contribution is -2.47. The molecule has 2 N–H and O–H groups in total. The Kier molecular flexibility index (Phi) is 4.36. The van der Waals surface area contributed by atoms with Crippen molar-refractivity contribution in [1.82, 2.24) is 14.9 Å². The van der Waals surface area contributed by atoms with E-state index in [-0.39, 0.29) is 30.0 Å². The molecule has 2 saturated carbocycles. The quantitative estimate of drug-likeness (QED) is 0.875. The van der Waals surface area contributed by atoms with E-state index in [1.54, 1.807) is 0 Å². The van der Waals surface area contributed by atoms with E-state index in [4.69, 9.17) is 10.7 Å². The Labute approximate surface area is 158 Å². The van der Waals surface area contributed by atoms with Crippen molar-refractivity contribution in [2.75, 3.05) is 0 Å². The molecule has 4 atom stereocenters. The Morgan fingerprint density at radius 1 is 1.07 bits per heavy atom. The fourth-order valence-corrected chi connectivity index (χ4v) is 5.05. The third kappa shape index (κ3) is 3.34. The first-order valence-electron chi connectivity index (χ1n) is 10.1. The molecule has 5 rings (SSSR count). The summed E-state index contributed by atoms with van der Waals surface area (Å²) in [6.45, 7) is 1.73. The summed E-state index contributed by atoms with van der Waals surface area (Å²) in [5.41, 5.74) is 8.85. The van der Waals surface area contributed by atoms with Crippen molar-refractivity contribution >= 4 is 0 Å². The third-order valence-electron chi connectivity index (χ3n) is 6.79. The Balaban J connectivity index is 1.24. The molecule has 0 amide bonds. The third-order valence-corrected chi connectivity index (χ3v) is 6.79. The molecular weight excluding hydrogens is 346 g/mol. The SMILES string of the molecule is NC1CC(N2Cc3cnc(C4CC4)nc3C2)CC[C@@H]1C1CC(F)=CC=C1F. The highest BCUT2D eigenvalue weighted by molar-refractivity contribution is 5.25. The van der Waals surface area contributed by atoms with E-state index >= 15 is 0 Å². The van der Waals surface area contributed by atoms with Gasteiger partial charge < -0.3 is 5.73 Å². The van der Waals surface area contributed by atoms with E-state index in [1.807, 2.05) is 6.20 Å². The second-order valence-corrected chi connectivity index (χ2v) is 8.65. The molecule has 4 aliphatic rings. The number of nitrogens with two attached hydrogens (primary N) is 1. The molecule has 144 valence electrons. The molecule has 0 radical (unpaired) electrons. The van der Waals surface area contributed by atoms with Crippen LogP contribution in [-0.2, 0) is 13.1 Å². The van der Waals surface area contributed by atoms with Crippen molar-refractivity contribution < 1.29 is 8.78 Å². The number of halogens is 2. The number of fused-ring (bicyclic) bond motifs is 1. The number of rotatable bonds is 3. The van der Waals surface area contributed by atoms with Gasteiger partial charge in [0.2, 0.25) is 0 Å². The van der Waals surface area contributed by atoms with Crippen molar-refractivity contribution in [3.8, 4) is 0 Å². The lowest BCUT2D eigenvalue weighted by Gasteiger charge is -2.41. The molecule has 0 spiro atoms. The molecule has 3 aliphatic carbocycles. The lowest BCUT2D eigenvalue weighted by molar-refractivity contribution is 0.0996. The number of allylic oxidation sites excluding steroid dienone is 4. The number of nitrogens with zero attached hydrogens (tertiary/aromatic N) is 3. The number of aromatic nitrogens is 2. The number of hydrogen-bond donors (Lipinski definition) is 1. The van der Waals surface area contributed by atoms with Crippen LogP contribution in [0.25, 0.3) is 0 Å². The van der Waals surface area contributed by atoms with Crippen LogP contribution in [-0.4, -0.2) is 27.0 Å². The van der Waals surface area contributed by atoms with Gasteiger partial charge in [0.05, 0.1) is 5.69 Å². The maximum absolute atomic E-state index is 14.2. The van der Waals surface area contributed by atoms with Crippen LogP contribution in [0.5, 0.6) is 0 Å². The second kappa shape index (κ2) is 6.74. The van der Waals surface area contributed by atoms with Gasteiger partial charge in [-0.1, -0.05) is 0 Å². The standard InChI is InChI=1S/C21H26F2N4/c22-14-3-6-18(23)17(7-14)16-5-4-15(8-19(16)24)27-10-13-9-25-21(12-1-2-12)26-20(13)11-27/h3,6,9,12,15-17,19H,1-2,4-5,7-8,10-11,24H2/t15?,16-,17?,19?/m1/s1. The van der Waals surface area contributed by atoms with Crippen LogP contribution < -0.4 is 5.73 Å². The highest BCUT2D eigenvalue weighted by Crippen LogP contribution is 2.42. The normalized spacial score (nSPS) is 34.2. The molecule has 1 aromatic heterocycles. The van der Waals surface area contributed by atoms with Gasteiger partial charge in [0.25, 0.3) is 0 Å². The molecule has 0 bridgehead atoms. The lowest BCUT2D eigenvalue weighted by atomic mass is 9.72. The molecule has 1 aromatic rings. The van der Waals surface area contributed by atoms with Crippen LogP contribution in [0, 0.1) is 11.8 Å². The van der Waals surface area contributed by atoms with Gasteiger partial charge in [0, 0.05) is 55.2 Å². The molecule has 0 saturated heterocycles. The molecule has 1 aliphatic heterocycles. The zero-order valence-electron chi connectivity index (χ0n) is 15.5. The Morgan fingerprint density at radius 2 is 1.93 bits per heavy atom. The summed E-state index contributed by atoms with van der Waals surface area (Å²) >= 11 is 0. The minimum atomic E-state index is -0.395. The van der Waals surface area contributed by atoms with Crippen molar-refractivity contribution in [3.63, 3.8) is 0 Å². The summed E-state index contributed by atoms with van der Waals surface area (Å²) < 4.78 is 27.9. The van der Waals surface area contributed by atoms with Gasteiger partial charge in [-0.3, -0.25) is 4.90 Å². The van der Waals surface area contributed by atoms with E-state index < -0.39 is 5.92 Å². The molecule has 3 unspecified atom stereocenters. The Morgan fingerprint density at radius 3 is 2.70 bits per heavy atom. The predicted molar refractivity (Wildman–Crippen MR) is 98.8 cm³/mol. The molecule has 0 aromatic carbocycles. The van der Waals surface area contributed by atoms with Gasteiger partial charge in [-0.2, -0.15) is 0 Å². The first-order chi connectivity index (χ1) is 13.1. The zero-order chi connectivity index (χ0) is 18.5. The fourth-order valence-electron chi connectivity index (χ4n) is 5.05. The molecule has 27 heavy (non-hydrogen) atoms. The first kappa shape index (κ1) is 17.4. The van der Waals surface area contributed by atoms with Gasteiger partial charge >= 0.3 is 0 Å². The Hall–Kier alpha value is -1.66. The van der Waals surface area contributed by atoms with Gasteiger partial charge in [-0.15, -0.1) is 0 Å². The largest absolute Gasteiger partial charge is 0.327 e. The van der Waals surface area contributed by atoms with Crippen LogP contribution in [0.4, 0.5) is 8.78 Å². The molecule has 6 heteroatoms. The van der Waals surface area contributed by atoms with Gasteiger partial charge in [0.1, 0.15) is 17.5 Å². The smallest absolute Gasteiger partial charge is 0.131 e. The summed E-state index contributed by atoms with van der Waals surface area (Å²) in [4.78, 5) is 11.8. The van der Waals surface area contributed by atoms with Crippen molar-refractivity contribution in [3.05, 3.63) is 47.1 Å². The summed E-state index contributed by atoms with van der Waals surface area (Å²) in [7, 11) is 0. The average molecular weight is 372 g/mol. The molecule has 4 nitrogen and oxygen atoms in total. The minimum absolute atomic E-state index is 0.0168. The number of hydrogen-bond acceptors (Lipinski definition) is 4. The van der Waals surface area contributed by atoms with Gasteiger partial charge in [0.15, 0.2) is 0 Å². The fraction of sp³-hybridized carbons (Fsp3) is 0.619. The van der Waals surface area contributed by atoms with E-state index in [0.717, 1.165) is 43.9 Å². The average Bonchev–Trinajstić information content (AvgIpc) is 3.42. The first-order valence-corrected chi connectivity index (χ1v) is 10.1. The van der Waals surface area contributed by atoms with Crippen LogP contribution in [0.1, 0.15) is 61.5 Å². The second-order valence-electron chi connectivity index (χ2n) is 8.65. The van der Waals surface area contributed by atoms with Crippen molar-refractivity contribution in [1.29, 1.82) is 0 Å². The zero-order valence-corrected chi connectivity index (χ0v) is 15.5. The van der Waals surface area contributed by atoms with Crippen LogP contribution in [0.15, 0.2) is 30.0 Å². The van der Waals surface area contributed by atoms with E-state index in [9.17, 15) is 8.78 Å². The van der Waals surface area contributed by atoms with Crippen molar-refractivity contribution in [2.24, 2.45) is 17.6 Å². The summed E-state index contributed by atoms with van der Waals surface area (Å²) in [6.07, 6.45) is 9.74. The molecule has 2 fully saturated rings.